The number of aryl methyl sites for hydroxylation is 1. The fraction of sp³-hybridized carbons (Fsp3) is 0.688. The second kappa shape index (κ2) is 6.94. The van der Waals surface area contributed by atoms with Gasteiger partial charge in [0.2, 0.25) is 5.88 Å². The molecule has 0 atom stereocenters. The summed E-state index contributed by atoms with van der Waals surface area (Å²) in [5.41, 5.74) is 0.451. The Kier molecular flexibility index (Phi) is 5.21. The Morgan fingerprint density at radius 1 is 1.32 bits per heavy atom. The SMILES string of the molecule is Cc1cc(OCC2CCN(C(=O)OC(C)(C)C)CC2)ncn1. The maximum absolute atomic E-state index is 12.0. The van der Waals surface area contributed by atoms with Crippen molar-refractivity contribution in [2.45, 2.75) is 46.1 Å². The number of carbonyl (C=O) groups is 1. The zero-order chi connectivity index (χ0) is 16.2. The molecule has 0 aliphatic carbocycles. The van der Waals surface area contributed by atoms with Crippen molar-refractivity contribution >= 4 is 6.09 Å². The highest BCUT2D eigenvalue weighted by atomic mass is 16.6. The maximum atomic E-state index is 12.0. The molecule has 0 saturated carbocycles. The van der Waals surface area contributed by atoms with E-state index in [0.29, 0.717) is 31.5 Å². The van der Waals surface area contributed by atoms with E-state index in [2.05, 4.69) is 9.97 Å². The molecule has 0 radical (unpaired) electrons. The van der Waals surface area contributed by atoms with Crippen LogP contribution in [0.1, 0.15) is 39.3 Å². The molecule has 6 nitrogen and oxygen atoms in total. The Morgan fingerprint density at radius 2 is 2.00 bits per heavy atom. The van der Waals surface area contributed by atoms with Crippen LogP contribution in [-0.2, 0) is 4.74 Å². The Labute approximate surface area is 131 Å². The molecule has 0 unspecified atom stereocenters. The number of ether oxygens (including phenoxy) is 2. The van der Waals surface area contributed by atoms with Gasteiger partial charge >= 0.3 is 6.09 Å². The molecule has 122 valence electrons. The van der Waals surface area contributed by atoms with Crippen molar-refractivity contribution in [2.75, 3.05) is 19.7 Å². The van der Waals surface area contributed by atoms with Crippen LogP contribution in [0.3, 0.4) is 0 Å². The predicted molar refractivity (Wildman–Crippen MR) is 82.8 cm³/mol. The smallest absolute Gasteiger partial charge is 0.410 e. The predicted octanol–water partition coefficient (Wildman–Crippen LogP) is 2.81. The molecule has 22 heavy (non-hydrogen) atoms. The summed E-state index contributed by atoms with van der Waals surface area (Å²) in [6.07, 6.45) is 3.13. The lowest BCUT2D eigenvalue weighted by Gasteiger charge is -2.33. The van der Waals surface area contributed by atoms with Gasteiger partial charge in [-0.05, 0) is 46.5 Å². The van der Waals surface area contributed by atoms with Gasteiger partial charge in [-0.2, -0.15) is 0 Å². The molecule has 2 rings (SSSR count). The van der Waals surface area contributed by atoms with Crippen molar-refractivity contribution in [2.24, 2.45) is 5.92 Å². The first-order valence-corrected chi connectivity index (χ1v) is 7.73. The van der Waals surface area contributed by atoms with Crippen LogP contribution in [0.5, 0.6) is 5.88 Å². The molecule has 0 spiro atoms. The monoisotopic (exact) mass is 307 g/mol. The highest BCUT2D eigenvalue weighted by molar-refractivity contribution is 5.68. The van der Waals surface area contributed by atoms with E-state index < -0.39 is 5.60 Å². The summed E-state index contributed by atoms with van der Waals surface area (Å²) >= 11 is 0. The van der Waals surface area contributed by atoms with E-state index in [1.165, 1.54) is 6.33 Å². The average Bonchev–Trinajstić information content (AvgIpc) is 2.44. The van der Waals surface area contributed by atoms with E-state index in [0.717, 1.165) is 18.5 Å². The molecule has 1 saturated heterocycles. The van der Waals surface area contributed by atoms with Crippen molar-refractivity contribution in [3.05, 3.63) is 18.1 Å². The van der Waals surface area contributed by atoms with Crippen LogP contribution in [0.15, 0.2) is 12.4 Å². The number of carbonyl (C=O) groups excluding carboxylic acids is 1. The number of amides is 1. The van der Waals surface area contributed by atoms with Gasteiger partial charge in [0, 0.05) is 24.8 Å². The summed E-state index contributed by atoms with van der Waals surface area (Å²) in [7, 11) is 0. The molecule has 1 aromatic heterocycles. The lowest BCUT2D eigenvalue weighted by atomic mass is 9.98. The quantitative estimate of drug-likeness (QED) is 0.859. The summed E-state index contributed by atoms with van der Waals surface area (Å²) in [5.74, 6) is 1.05. The highest BCUT2D eigenvalue weighted by Gasteiger charge is 2.27. The third-order valence-electron chi connectivity index (χ3n) is 3.51. The lowest BCUT2D eigenvalue weighted by molar-refractivity contribution is 0.0164. The van der Waals surface area contributed by atoms with Crippen LogP contribution in [0.2, 0.25) is 0 Å². The van der Waals surface area contributed by atoms with Gasteiger partial charge in [-0.25, -0.2) is 14.8 Å². The Balaban J connectivity index is 1.74. The molecule has 6 heteroatoms. The summed E-state index contributed by atoms with van der Waals surface area (Å²) in [4.78, 5) is 21.9. The molecule has 0 aromatic carbocycles. The van der Waals surface area contributed by atoms with Crippen LogP contribution < -0.4 is 4.74 Å². The minimum absolute atomic E-state index is 0.224. The van der Waals surface area contributed by atoms with Crippen LogP contribution in [0.25, 0.3) is 0 Å². The highest BCUT2D eigenvalue weighted by Crippen LogP contribution is 2.20. The largest absolute Gasteiger partial charge is 0.477 e. The first-order chi connectivity index (χ1) is 10.3. The van der Waals surface area contributed by atoms with Gasteiger partial charge in [0.15, 0.2) is 0 Å². The molecule has 1 fully saturated rings. The van der Waals surface area contributed by atoms with E-state index in [9.17, 15) is 4.79 Å². The molecular formula is C16H25N3O3. The van der Waals surface area contributed by atoms with Crippen molar-refractivity contribution in [3.8, 4) is 5.88 Å². The second-order valence-electron chi connectivity index (χ2n) is 6.72. The Morgan fingerprint density at radius 3 is 2.59 bits per heavy atom. The number of hydrogen-bond acceptors (Lipinski definition) is 5. The first-order valence-electron chi connectivity index (χ1n) is 7.73. The zero-order valence-corrected chi connectivity index (χ0v) is 13.8. The third-order valence-corrected chi connectivity index (χ3v) is 3.51. The molecule has 0 bridgehead atoms. The van der Waals surface area contributed by atoms with Crippen LogP contribution in [-0.4, -0.2) is 46.3 Å². The van der Waals surface area contributed by atoms with E-state index in [4.69, 9.17) is 9.47 Å². The second-order valence-corrected chi connectivity index (χ2v) is 6.72. The topological polar surface area (TPSA) is 64.5 Å². The minimum atomic E-state index is -0.443. The Hall–Kier alpha value is -1.85. The lowest BCUT2D eigenvalue weighted by Crippen LogP contribution is -2.42. The van der Waals surface area contributed by atoms with Gasteiger partial charge < -0.3 is 14.4 Å². The first kappa shape index (κ1) is 16.5. The zero-order valence-electron chi connectivity index (χ0n) is 13.8. The van der Waals surface area contributed by atoms with Gasteiger partial charge in [0.05, 0.1) is 6.61 Å². The van der Waals surface area contributed by atoms with Crippen molar-refractivity contribution in [1.82, 2.24) is 14.9 Å². The Bertz CT molecular complexity index is 506. The number of rotatable bonds is 3. The van der Waals surface area contributed by atoms with E-state index >= 15 is 0 Å². The van der Waals surface area contributed by atoms with Gasteiger partial charge in [-0.3, -0.25) is 0 Å². The molecule has 0 N–H and O–H groups in total. The average molecular weight is 307 g/mol. The fourth-order valence-corrected chi connectivity index (χ4v) is 2.32. The summed E-state index contributed by atoms with van der Waals surface area (Å²) in [6, 6.07) is 1.83. The molecular weight excluding hydrogens is 282 g/mol. The van der Waals surface area contributed by atoms with Crippen molar-refractivity contribution < 1.29 is 14.3 Å². The van der Waals surface area contributed by atoms with Gasteiger partial charge in [0.1, 0.15) is 11.9 Å². The van der Waals surface area contributed by atoms with Gasteiger partial charge in [0.25, 0.3) is 0 Å². The molecule has 1 aliphatic heterocycles. The van der Waals surface area contributed by atoms with Crippen LogP contribution >= 0.6 is 0 Å². The van der Waals surface area contributed by atoms with Crippen molar-refractivity contribution in [1.29, 1.82) is 0 Å². The standard InChI is InChI=1S/C16H25N3O3/c1-12-9-14(18-11-17-12)21-10-13-5-7-19(8-6-13)15(20)22-16(2,3)4/h9,11,13H,5-8,10H2,1-4H3. The summed E-state index contributed by atoms with van der Waals surface area (Å²) in [6.45, 7) is 9.61. The molecule has 1 amide bonds. The summed E-state index contributed by atoms with van der Waals surface area (Å²) in [5, 5.41) is 0. The van der Waals surface area contributed by atoms with Gasteiger partial charge in [-0.15, -0.1) is 0 Å². The number of aromatic nitrogens is 2. The number of hydrogen-bond donors (Lipinski definition) is 0. The van der Waals surface area contributed by atoms with Crippen LogP contribution in [0, 0.1) is 12.8 Å². The number of likely N-dealkylation sites (tertiary alicyclic amines) is 1. The summed E-state index contributed by atoms with van der Waals surface area (Å²) < 4.78 is 11.1. The number of nitrogens with zero attached hydrogens (tertiary/aromatic N) is 3. The van der Waals surface area contributed by atoms with Crippen LogP contribution in [0.4, 0.5) is 4.79 Å². The van der Waals surface area contributed by atoms with Crippen molar-refractivity contribution in [3.63, 3.8) is 0 Å². The van der Waals surface area contributed by atoms with E-state index in [-0.39, 0.29) is 6.09 Å². The molecule has 1 aliphatic rings. The van der Waals surface area contributed by atoms with Gasteiger partial charge in [-0.1, -0.05) is 0 Å². The normalized spacial score (nSPS) is 16.5. The molecule has 2 heterocycles. The fourth-order valence-electron chi connectivity index (χ4n) is 2.32. The van der Waals surface area contributed by atoms with E-state index in [1.807, 2.05) is 33.8 Å². The molecule has 1 aromatic rings. The third kappa shape index (κ3) is 5.16. The van der Waals surface area contributed by atoms with E-state index in [1.54, 1.807) is 4.90 Å². The minimum Gasteiger partial charge on any atom is -0.477 e. The number of piperidine rings is 1. The maximum Gasteiger partial charge on any atom is 0.410 e.